The Morgan fingerprint density at radius 1 is 1.50 bits per heavy atom. The van der Waals surface area contributed by atoms with Crippen LogP contribution in [0.25, 0.3) is 0 Å². The number of urea groups is 1. The Bertz CT molecular complexity index is 634. The first-order chi connectivity index (χ1) is 9.60. The van der Waals surface area contributed by atoms with Crippen LogP contribution in [0.5, 0.6) is 0 Å². The number of rotatable bonds is 2. The molecule has 2 aromatic rings. The molecular formula is C13H16N4O2S. The van der Waals surface area contributed by atoms with Crippen LogP contribution in [0, 0.1) is 12.8 Å². The Labute approximate surface area is 120 Å². The lowest BCUT2D eigenvalue weighted by Crippen LogP contribution is -2.19. The molecule has 20 heavy (non-hydrogen) atoms. The molecule has 3 rings (SSSR count). The summed E-state index contributed by atoms with van der Waals surface area (Å²) < 4.78 is 4.89. The van der Waals surface area contributed by atoms with Crippen molar-refractivity contribution >= 4 is 28.3 Å². The van der Waals surface area contributed by atoms with Crippen molar-refractivity contribution in [3.05, 3.63) is 22.4 Å². The van der Waals surface area contributed by atoms with Gasteiger partial charge in [0.1, 0.15) is 5.76 Å². The van der Waals surface area contributed by atoms with Crippen LogP contribution < -0.4 is 10.6 Å². The molecule has 0 saturated heterocycles. The lowest BCUT2D eigenvalue weighted by Gasteiger charge is -2.15. The van der Waals surface area contributed by atoms with Crippen LogP contribution >= 0.6 is 11.3 Å². The molecule has 0 spiro atoms. The normalized spacial score (nSPS) is 17.6. The summed E-state index contributed by atoms with van der Waals surface area (Å²) in [7, 11) is 0. The second-order valence-electron chi connectivity index (χ2n) is 5.14. The molecule has 0 fully saturated rings. The molecule has 0 saturated carbocycles. The van der Waals surface area contributed by atoms with Crippen LogP contribution in [-0.4, -0.2) is 16.2 Å². The molecule has 1 aliphatic rings. The van der Waals surface area contributed by atoms with E-state index in [1.165, 1.54) is 11.3 Å². The van der Waals surface area contributed by atoms with Gasteiger partial charge in [-0.1, -0.05) is 12.1 Å². The lowest BCUT2D eigenvalue weighted by molar-refractivity contribution is 0.262. The predicted octanol–water partition coefficient (Wildman–Crippen LogP) is 3.21. The summed E-state index contributed by atoms with van der Waals surface area (Å²) >= 11 is 1.56. The molecule has 2 N–H and O–H groups in total. The van der Waals surface area contributed by atoms with Gasteiger partial charge in [0.25, 0.3) is 0 Å². The maximum absolute atomic E-state index is 11.8. The third kappa shape index (κ3) is 2.82. The smallest absolute Gasteiger partial charge is 0.326 e. The van der Waals surface area contributed by atoms with Crippen molar-refractivity contribution in [2.75, 3.05) is 10.6 Å². The number of hydrogen-bond donors (Lipinski definition) is 2. The zero-order valence-corrected chi connectivity index (χ0v) is 12.2. The fourth-order valence-corrected chi connectivity index (χ4v) is 3.43. The highest BCUT2D eigenvalue weighted by molar-refractivity contribution is 7.15. The van der Waals surface area contributed by atoms with Crippen LogP contribution in [-0.2, 0) is 12.8 Å². The first kappa shape index (κ1) is 13.1. The minimum Gasteiger partial charge on any atom is -0.360 e. The van der Waals surface area contributed by atoms with E-state index in [2.05, 4.69) is 27.7 Å². The molecule has 0 bridgehead atoms. The van der Waals surface area contributed by atoms with Gasteiger partial charge in [0.05, 0.1) is 5.69 Å². The number of anilines is 2. The molecule has 1 aliphatic carbocycles. The number of hydrogen-bond acceptors (Lipinski definition) is 5. The van der Waals surface area contributed by atoms with Gasteiger partial charge >= 0.3 is 6.03 Å². The summed E-state index contributed by atoms with van der Waals surface area (Å²) in [5.41, 5.74) is 1.13. The fraction of sp³-hybridized carbons (Fsp3) is 0.462. The Morgan fingerprint density at radius 2 is 2.35 bits per heavy atom. The lowest BCUT2D eigenvalue weighted by atomic mass is 9.93. The molecule has 7 heteroatoms. The minimum atomic E-state index is -0.350. The molecule has 1 unspecified atom stereocenters. The van der Waals surface area contributed by atoms with E-state index in [0.29, 0.717) is 22.6 Å². The van der Waals surface area contributed by atoms with Crippen LogP contribution in [0.15, 0.2) is 10.6 Å². The fourth-order valence-electron chi connectivity index (χ4n) is 2.26. The maximum atomic E-state index is 11.8. The van der Waals surface area contributed by atoms with Crippen molar-refractivity contribution in [1.29, 1.82) is 0 Å². The van der Waals surface area contributed by atoms with E-state index in [-0.39, 0.29) is 6.03 Å². The van der Waals surface area contributed by atoms with Crippen LogP contribution in [0.3, 0.4) is 0 Å². The molecule has 2 heterocycles. The van der Waals surface area contributed by atoms with Crippen molar-refractivity contribution in [2.45, 2.75) is 33.1 Å². The zero-order chi connectivity index (χ0) is 14.1. The summed E-state index contributed by atoms with van der Waals surface area (Å²) in [6.07, 6.45) is 3.22. The number of nitrogens with one attached hydrogen (secondary N) is 2. The maximum Gasteiger partial charge on any atom is 0.326 e. The third-order valence-electron chi connectivity index (χ3n) is 3.28. The number of fused-ring (bicyclic) bond motifs is 1. The molecule has 0 aromatic carbocycles. The zero-order valence-electron chi connectivity index (χ0n) is 11.4. The largest absolute Gasteiger partial charge is 0.360 e. The standard InChI is InChI=1S/C13H16N4O2S/c1-7-3-4-9-10(5-7)20-13(14-9)16-12(18)15-11-6-8(2)19-17-11/h6-7H,3-5H2,1-2H3,(H2,14,15,16,17,18). The van der Waals surface area contributed by atoms with Crippen molar-refractivity contribution in [3.8, 4) is 0 Å². The quantitative estimate of drug-likeness (QED) is 0.890. The first-order valence-electron chi connectivity index (χ1n) is 6.60. The van der Waals surface area contributed by atoms with E-state index >= 15 is 0 Å². The van der Waals surface area contributed by atoms with Gasteiger partial charge in [-0.05, 0) is 32.1 Å². The van der Waals surface area contributed by atoms with Crippen molar-refractivity contribution in [1.82, 2.24) is 10.1 Å². The number of aryl methyl sites for hydroxylation is 2. The van der Waals surface area contributed by atoms with E-state index in [0.717, 1.165) is 18.5 Å². The topological polar surface area (TPSA) is 80.0 Å². The number of thiazole rings is 1. The molecule has 0 aliphatic heterocycles. The van der Waals surface area contributed by atoms with E-state index in [4.69, 9.17) is 4.52 Å². The van der Waals surface area contributed by atoms with Gasteiger partial charge in [-0.25, -0.2) is 9.78 Å². The summed E-state index contributed by atoms with van der Waals surface area (Å²) in [4.78, 5) is 17.6. The van der Waals surface area contributed by atoms with Crippen LogP contribution in [0.2, 0.25) is 0 Å². The highest BCUT2D eigenvalue weighted by Crippen LogP contribution is 2.32. The van der Waals surface area contributed by atoms with E-state index < -0.39 is 0 Å². The van der Waals surface area contributed by atoms with Gasteiger partial charge in [-0.15, -0.1) is 11.3 Å². The van der Waals surface area contributed by atoms with Gasteiger partial charge in [-0.2, -0.15) is 0 Å². The SMILES string of the molecule is Cc1cc(NC(=O)Nc2nc3c(s2)CC(C)CC3)no1. The highest BCUT2D eigenvalue weighted by atomic mass is 32.1. The van der Waals surface area contributed by atoms with Crippen LogP contribution in [0.4, 0.5) is 15.7 Å². The Hall–Kier alpha value is -1.89. The van der Waals surface area contributed by atoms with Crippen molar-refractivity contribution < 1.29 is 9.32 Å². The monoisotopic (exact) mass is 292 g/mol. The second kappa shape index (κ2) is 5.24. The number of carbonyl (C=O) groups excluding carboxylic acids is 1. The number of carbonyl (C=O) groups is 1. The van der Waals surface area contributed by atoms with Gasteiger partial charge in [0, 0.05) is 10.9 Å². The Morgan fingerprint density at radius 3 is 3.10 bits per heavy atom. The van der Waals surface area contributed by atoms with Crippen LogP contribution in [0.1, 0.15) is 29.7 Å². The highest BCUT2D eigenvalue weighted by Gasteiger charge is 2.20. The molecule has 2 amide bonds. The second-order valence-corrected chi connectivity index (χ2v) is 6.22. The molecule has 2 aromatic heterocycles. The Balaban J connectivity index is 1.64. The number of nitrogens with zero attached hydrogens (tertiary/aromatic N) is 2. The van der Waals surface area contributed by atoms with E-state index in [1.54, 1.807) is 24.3 Å². The predicted molar refractivity (Wildman–Crippen MR) is 77.2 cm³/mol. The minimum absolute atomic E-state index is 0.350. The Kier molecular flexibility index (Phi) is 3.43. The average molecular weight is 292 g/mol. The third-order valence-corrected chi connectivity index (χ3v) is 4.31. The first-order valence-corrected chi connectivity index (χ1v) is 7.41. The van der Waals surface area contributed by atoms with Gasteiger partial charge in [-0.3, -0.25) is 10.6 Å². The van der Waals surface area contributed by atoms with Gasteiger partial charge in [0.15, 0.2) is 10.9 Å². The molecule has 106 valence electrons. The number of aromatic nitrogens is 2. The summed E-state index contributed by atoms with van der Waals surface area (Å²) in [6.45, 7) is 4.02. The molecular weight excluding hydrogens is 276 g/mol. The molecule has 6 nitrogen and oxygen atoms in total. The van der Waals surface area contributed by atoms with E-state index in [1.807, 2.05) is 0 Å². The van der Waals surface area contributed by atoms with Crippen molar-refractivity contribution in [3.63, 3.8) is 0 Å². The summed E-state index contributed by atoms with van der Waals surface area (Å²) in [6, 6.07) is 1.31. The number of amides is 2. The molecule has 0 radical (unpaired) electrons. The molecule has 1 atom stereocenters. The summed E-state index contributed by atoms with van der Waals surface area (Å²) in [5.74, 6) is 1.75. The summed E-state index contributed by atoms with van der Waals surface area (Å²) in [5, 5.41) is 9.71. The average Bonchev–Trinajstić information content (AvgIpc) is 2.94. The van der Waals surface area contributed by atoms with E-state index in [9.17, 15) is 4.79 Å². The van der Waals surface area contributed by atoms with Crippen molar-refractivity contribution in [2.24, 2.45) is 5.92 Å². The van der Waals surface area contributed by atoms with Gasteiger partial charge < -0.3 is 4.52 Å². The van der Waals surface area contributed by atoms with Gasteiger partial charge in [0.2, 0.25) is 0 Å².